The lowest BCUT2D eigenvalue weighted by atomic mass is 10.1. The normalized spacial score (nSPS) is 12.1. The first-order chi connectivity index (χ1) is 20.0. The van der Waals surface area contributed by atoms with Gasteiger partial charge in [-0.3, -0.25) is 19.3 Å². The van der Waals surface area contributed by atoms with E-state index in [0.717, 1.165) is 11.4 Å². The maximum Gasteiger partial charge on any atom is 0.248 e. The summed E-state index contributed by atoms with van der Waals surface area (Å²) in [5.41, 5.74) is 9.63. The van der Waals surface area contributed by atoms with Gasteiger partial charge >= 0.3 is 0 Å². The molecule has 0 aliphatic rings. The zero-order valence-corrected chi connectivity index (χ0v) is 24.3. The van der Waals surface area contributed by atoms with E-state index < -0.39 is 17.9 Å². The van der Waals surface area contributed by atoms with E-state index in [1.54, 1.807) is 53.2 Å². The number of hydrazine groups is 1. The van der Waals surface area contributed by atoms with Crippen LogP contribution in [0.2, 0.25) is 10.2 Å². The number of nitrogens with one attached hydrogen (secondary N) is 2. The largest absolute Gasteiger partial charge is 0.366 e. The third kappa shape index (κ3) is 7.29. The Morgan fingerprint density at radius 1 is 1.21 bits per heavy atom. The molecule has 0 aliphatic heterocycles. The first-order valence-electron chi connectivity index (χ1n) is 12.5. The van der Waals surface area contributed by atoms with E-state index in [1.807, 2.05) is 20.0 Å². The average molecular weight is 608 g/mol. The molecule has 0 saturated carbocycles. The Morgan fingerprint density at radius 3 is 2.60 bits per heavy atom. The van der Waals surface area contributed by atoms with Gasteiger partial charge in [-0.25, -0.2) is 10.8 Å². The number of hydrogen-bond acceptors (Lipinski definition) is 7. The Labute approximate surface area is 251 Å². The minimum Gasteiger partial charge on any atom is -0.366 e. The van der Waals surface area contributed by atoms with Gasteiger partial charge in [0.25, 0.3) is 0 Å². The monoisotopic (exact) mass is 606 g/mol. The highest BCUT2D eigenvalue weighted by molar-refractivity contribution is 6.32. The van der Waals surface area contributed by atoms with Crippen molar-refractivity contribution in [1.82, 2.24) is 25.1 Å². The van der Waals surface area contributed by atoms with Crippen LogP contribution in [0.15, 0.2) is 64.8 Å². The van der Waals surface area contributed by atoms with E-state index >= 15 is 0 Å². The summed E-state index contributed by atoms with van der Waals surface area (Å²) in [5.74, 6) is 5.51. The van der Waals surface area contributed by atoms with Gasteiger partial charge in [-0.05, 0) is 49.4 Å². The smallest absolute Gasteiger partial charge is 0.248 e. The molecule has 0 spiro atoms. The quantitative estimate of drug-likeness (QED) is 0.0661. The zero-order chi connectivity index (χ0) is 30.4. The molecule has 6 N–H and O–H groups in total. The number of H-pyrrole nitrogens is 1. The highest BCUT2D eigenvalue weighted by Gasteiger charge is 2.22. The minimum absolute atomic E-state index is 0.270. The average Bonchev–Trinajstić information content (AvgIpc) is 3.50. The molecule has 12 nitrogen and oxygen atoms in total. The van der Waals surface area contributed by atoms with Gasteiger partial charge in [0.05, 0.1) is 17.4 Å². The Morgan fingerprint density at radius 2 is 1.95 bits per heavy atom. The number of halogens is 2. The number of aryl methyl sites for hydroxylation is 2. The number of carbonyl (C=O) groups is 2. The van der Waals surface area contributed by atoms with E-state index in [9.17, 15) is 9.59 Å². The lowest BCUT2D eigenvalue weighted by Crippen LogP contribution is -2.30. The van der Waals surface area contributed by atoms with Crippen LogP contribution in [0.25, 0.3) is 17.3 Å². The summed E-state index contributed by atoms with van der Waals surface area (Å²) in [7, 11) is 1.84. The third-order valence-electron chi connectivity index (χ3n) is 6.28. The summed E-state index contributed by atoms with van der Waals surface area (Å²) >= 11 is 12.7. The molecule has 216 valence electrons. The number of rotatable bonds is 11. The molecule has 0 radical (unpaired) electrons. The van der Waals surface area contributed by atoms with Crippen molar-refractivity contribution in [3.05, 3.63) is 93.1 Å². The predicted octanol–water partition coefficient (Wildman–Crippen LogP) is 3.96. The number of nitrogens with two attached hydrogens (primary N) is 2. The predicted molar refractivity (Wildman–Crippen MR) is 165 cm³/mol. The fourth-order valence-electron chi connectivity index (χ4n) is 4.11. The van der Waals surface area contributed by atoms with Gasteiger partial charge in [-0.1, -0.05) is 35.3 Å². The van der Waals surface area contributed by atoms with E-state index in [4.69, 9.17) is 34.8 Å². The van der Waals surface area contributed by atoms with Crippen LogP contribution in [0.5, 0.6) is 0 Å². The number of imidazole rings is 1. The Hall–Kier alpha value is -4.78. The summed E-state index contributed by atoms with van der Waals surface area (Å²) in [5, 5.41) is 16.5. The van der Waals surface area contributed by atoms with Crippen molar-refractivity contribution in [1.29, 1.82) is 0 Å². The molecular formula is C28H28Cl2N10O2. The van der Waals surface area contributed by atoms with E-state index in [1.165, 1.54) is 17.4 Å². The number of primary amides is 1. The molecule has 0 aliphatic carbocycles. The van der Waals surface area contributed by atoms with Crippen LogP contribution in [0.4, 0.5) is 5.69 Å². The van der Waals surface area contributed by atoms with Crippen LogP contribution in [0.1, 0.15) is 39.2 Å². The molecule has 0 unspecified atom stereocenters. The molecule has 0 fully saturated rings. The molecule has 0 bridgehead atoms. The molecule has 0 saturated heterocycles. The Balaban J connectivity index is 1.63. The second-order valence-corrected chi connectivity index (χ2v) is 10.0. The maximum absolute atomic E-state index is 13.2. The topological polar surface area (TPSA) is 173 Å². The van der Waals surface area contributed by atoms with Crippen molar-refractivity contribution in [2.45, 2.75) is 19.4 Å². The van der Waals surface area contributed by atoms with Crippen LogP contribution in [-0.4, -0.2) is 44.6 Å². The number of nitrogens with zero attached hydrogens (tertiary/aromatic N) is 6. The number of amides is 2. The van der Waals surface area contributed by atoms with Crippen LogP contribution >= 0.6 is 23.2 Å². The van der Waals surface area contributed by atoms with Crippen LogP contribution in [0, 0.1) is 6.92 Å². The van der Waals surface area contributed by atoms with Crippen LogP contribution in [-0.2, 0) is 18.3 Å². The molecule has 4 rings (SSSR count). The number of hydrogen-bond donors (Lipinski definition) is 4. The highest BCUT2D eigenvalue weighted by Crippen LogP contribution is 2.29. The minimum atomic E-state index is -0.622. The number of anilines is 1. The Kier molecular flexibility index (Phi) is 9.53. The SMILES string of the molecule is C=N/N=C\N(N)c1ccc(Cl)cc1/C=C/C(=O)N[C@@H](Cc1cc(C)n(C)n1)c1nc(-c2ccc(C(N)=O)cc2)c(Cl)[nH]1. The summed E-state index contributed by atoms with van der Waals surface area (Å²) in [6.07, 6.45) is 4.54. The zero-order valence-electron chi connectivity index (χ0n) is 22.8. The van der Waals surface area contributed by atoms with Crippen molar-refractivity contribution in [3.8, 4) is 11.3 Å². The van der Waals surface area contributed by atoms with E-state index in [-0.39, 0.29) is 5.15 Å². The van der Waals surface area contributed by atoms with Gasteiger partial charge in [0.1, 0.15) is 23.0 Å². The summed E-state index contributed by atoms with van der Waals surface area (Å²) in [4.78, 5) is 32.4. The van der Waals surface area contributed by atoms with Crippen molar-refractivity contribution in [3.63, 3.8) is 0 Å². The molecule has 42 heavy (non-hydrogen) atoms. The fourth-order valence-corrected chi connectivity index (χ4v) is 4.54. The number of aromatic amines is 1. The first kappa shape index (κ1) is 30.2. The maximum atomic E-state index is 13.2. The van der Waals surface area contributed by atoms with Crippen molar-refractivity contribution < 1.29 is 9.59 Å². The molecule has 2 amide bonds. The molecule has 2 heterocycles. The molecule has 2 aromatic carbocycles. The summed E-state index contributed by atoms with van der Waals surface area (Å²) in [6.45, 7) is 5.22. The van der Waals surface area contributed by atoms with Crippen molar-refractivity contribution in [2.24, 2.45) is 28.8 Å². The number of carbonyl (C=O) groups excluding carboxylic acids is 2. The third-order valence-corrected chi connectivity index (χ3v) is 6.79. The van der Waals surface area contributed by atoms with Gasteiger partial charge in [0, 0.05) is 53.7 Å². The molecular weight excluding hydrogens is 579 g/mol. The number of aromatic nitrogens is 4. The lowest BCUT2D eigenvalue weighted by Gasteiger charge is -2.16. The standard InChI is InChI=1S/C28H28Cl2N10O2/c1-16-12-21(38-39(16)3)14-22(28-36-25(26(30)37-28)17-4-6-18(7-5-17)27(31)42)35-24(41)11-8-19-13-20(29)9-10-23(19)40(32)15-34-33-2/h4-13,15,22H,2,14,32H2,1,3H3,(H2,31,42)(H,35,41)(H,36,37)/b11-8+,34-15-/t22-/m0/s1. The van der Waals surface area contributed by atoms with Gasteiger partial charge in [-0.15, -0.1) is 5.10 Å². The van der Waals surface area contributed by atoms with Crippen molar-refractivity contribution in [2.75, 3.05) is 5.01 Å². The second kappa shape index (κ2) is 13.3. The van der Waals surface area contributed by atoms with Crippen LogP contribution < -0.4 is 21.9 Å². The van der Waals surface area contributed by atoms with E-state index in [0.29, 0.717) is 45.3 Å². The highest BCUT2D eigenvalue weighted by atomic mass is 35.5. The van der Waals surface area contributed by atoms with E-state index in [2.05, 4.69) is 37.3 Å². The first-order valence-corrected chi connectivity index (χ1v) is 13.3. The molecule has 4 aromatic rings. The molecule has 2 aromatic heterocycles. The van der Waals surface area contributed by atoms with Crippen LogP contribution in [0.3, 0.4) is 0 Å². The molecule has 14 heteroatoms. The second-order valence-electron chi connectivity index (χ2n) is 9.21. The number of benzene rings is 2. The van der Waals surface area contributed by atoms with Gasteiger partial charge in [-0.2, -0.15) is 10.2 Å². The van der Waals surface area contributed by atoms with Gasteiger partial charge < -0.3 is 16.0 Å². The van der Waals surface area contributed by atoms with Crippen molar-refractivity contribution >= 4 is 59.8 Å². The summed E-state index contributed by atoms with van der Waals surface area (Å²) in [6, 6.07) is 12.9. The van der Waals surface area contributed by atoms with Gasteiger partial charge in [0.2, 0.25) is 11.8 Å². The fraction of sp³-hybridized carbons (Fsp3) is 0.143. The summed E-state index contributed by atoms with van der Waals surface area (Å²) < 4.78 is 1.75. The molecule has 1 atom stereocenters. The Bertz CT molecular complexity index is 1650. The lowest BCUT2D eigenvalue weighted by molar-refractivity contribution is -0.117. The van der Waals surface area contributed by atoms with Gasteiger partial charge in [0.15, 0.2) is 0 Å².